The largest absolute Gasteiger partial charge is 0.456 e. The van der Waals surface area contributed by atoms with Crippen LogP contribution in [0.3, 0.4) is 0 Å². The number of ketones is 1. The average Bonchev–Trinajstić information content (AvgIpc) is 2.94. The Bertz CT molecular complexity index is 754. The highest BCUT2D eigenvalue weighted by Gasteiger charge is 2.79. The molecule has 9 atom stereocenters. The SMILES string of the molecule is C[C@@H]1C[C@@H]2CC(=O)C(CO)C[C@]2(C)C2CC[C@@]3(C)C(CC[C@@]3(O)C(F)(F)C(F)(F)F)C21. The van der Waals surface area contributed by atoms with E-state index in [2.05, 4.69) is 6.92 Å². The molecule has 0 aromatic carbocycles. The number of carbonyl (C=O) groups is 1. The van der Waals surface area contributed by atoms with Crippen LogP contribution in [-0.4, -0.2) is 40.3 Å². The molecule has 178 valence electrons. The van der Waals surface area contributed by atoms with Crippen molar-refractivity contribution in [3.05, 3.63) is 0 Å². The molecule has 0 radical (unpaired) electrons. The zero-order valence-electron chi connectivity index (χ0n) is 18.3. The third-order valence-corrected chi connectivity index (χ3v) is 10.3. The van der Waals surface area contributed by atoms with Gasteiger partial charge in [0.25, 0.3) is 0 Å². The molecule has 4 rings (SSSR count). The summed E-state index contributed by atoms with van der Waals surface area (Å²) in [5, 5.41) is 20.6. The van der Waals surface area contributed by atoms with E-state index >= 15 is 0 Å². The second-order valence-corrected chi connectivity index (χ2v) is 11.4. The Hall–Kier alpha value is -0.760. The minimum absolute atomic E-state index is 0.0660. The van der Waals surface area contributed by atoms with Crippen molar-refractivity contribution in [2.75, 3.05) is 6.61 Å². The van der Waals surface area contributed by atoms with Crippen LogP contribution in [0.1, 0.15) is 65.7 Å². The summed E-state index contributed by atoms with van der Waals surface area (Å²) < 4.78 is 69.1. The molecule has 0 saturated heterocycles. The Morgan fingerprint density at radius 3 is 2.26 bits per heavy atom. The lowest BCUT2D eigenvalue weighted by Gasteiger charge is -2.63. The van der Waals surface area contributed by atoms with Gasteiger partial charge in [-0.05, 0) is 73.5 Å². The molecule has 0 bridgehead atoms. The van der Waals surface area contributed by atoms with E-state index in [0.29, 0.717) is 19.3 Å². The van der Waals surface area contributed by atoms with Gasteiger partial charge in [-0.25, -0.2) is 0 Å². The topological polar surface area (TPSA) is 57.5 Å². The maximum Gasteiger partial charge on any atom is 0.456 e. The van der Waals surface area contributed by atoms with Crippen molar-refractivity contribution in [2.45, 2.75) is 83.4 Å². The molecule has 3 nitrogen and oxygen atoms in total. The molecule has 31 heavy (non-hydrogen) atoms. The van der Waals surface area contributed by atoms with E-state index in [0.717, 1.165) is 6.42 Å². The first-order valence-electron chi connectivity index (χ1n) is 11.4. The number of fused-ring (bicyclic) bond motifs is 5. The molecule has 0 spiro atoms. The summed E-state index contributed by atoms with van der Waals surface area (Å²) in [5.41, 5.74) is -4.89. The van der Waals surface area contributed by atoms with Crippen LogP contribution < -0.4 is 0 Å². The first-order valence-corrected chi connectivity index (χ1v) is 11.4. The van der Waals surface area contributed by atoms with Gasteiger partial charge >= 0.3 is 12.1 Å². The second-order valence-electron chi connectivity index (χ2n) is 11.4. The van der Waals surface area contributed by atoms with Gasteiger partial charge in [0.05, 0.1) is 6.61 Å². The van der Waals surface area contributed by atoms with Crippen LogP contribution in [-0.2, 0) is 4.79 Å². The molecular weight excluding hydrogens is 419 g/mol. The molecular formula is C23H33F5O3. The van der Waals surface area contributed by atoms with E-state index in [4.69, 9.17) is 0 Å². The van der Waals surface area contributed by atoms with E-state index in [1.807, 2.05) is 6.92 Å². The van der Waals surface area contributed by atoms with Crippen molar-refractivity contribution >= 4 is 5.78 Å². The van der Waals surface area contributed by atoms with E-state index in [-0.39, 0.29) is 54.3 Å². The van der Waals surface area contributed by atoms with Crippen molar-refractivity contribution in [1.82, 2.24) is 0 Å². The van der Waals surface area contributed by atoms with Gasteiger partial charge in [0.15, 0.2) is 0 Å². The zero-order valence-corrected chi connectivity index (χ0v) is 18.3. The molecule has 0 amide bonds. The predicted octanol–water partition coefficient (Wildman–Crippen LogP) is 4.99. The molecule has 4 fully saturated rings. The highest BCUT2D eigenvalue weighted by Crippen LogP contribution is 2.72. The molecule has 0 aliphatic heterocycles. The van der Waals surface area contributed by atoms with Gasteiger partial charge in [-0.15, -0.1) is 0 Å². The second kappa shape index (κ2) is 6.87. The normalized spacial score (nSPS) is 50.6. The van der Waals surface area contributed by atoms with Crippen molar-refractivity contribution in [3.63, 3.8) is 0 Å². The summed E-state index contributed by atoms with van der Waals surface area (Å²) in [6, 6.07) is 0. The third kappa shape index (κ3) is 2.85. The van der Waals surface area contributed by atoms with E-state index in [1.54, 1.807) is 0 Å². The summed E-state index contributed by atoms with van der Waals surface area (Å²) in [4.78, 5) is 12.4. The van der Waals surface area contributed by atoms with E-state index in [9.17, 15) is 37.0 Å². The Labute approximate surface area is 179 Å². The fourth-order valence-electron chi connectivity index (χ4n) is 8.56. The smallest absolute Gasteiger partial charge is 0.396 e. The summed E-state index contributed by atoms with van der Waals surface area (Å²) in [7, 11) is 0. The Balaban J connectivity index is 1.71. The first kappa shape index (κ1) is 23.4. The van der Waals surface area contributed by atoms with E-state index < -0.39 is 41.4 Å². The fourth-order valence-corrected chi connectivity index (χ4v) is 8.56. The lowest BCUT2D eigenvalue weighted by atomic mass is 9.41. The molecule has 4 aliphatic carbocycles. The minimum Gasteiger partial charge on any atom is -0.396 e. The predicted molar refractivity (Wildman–Crippen MR) is 103 cm³/mol. The summed E-state index contributed by atoms with van der Waals surface area (Å²) in [6.45, 7) is 5.35. The van der Waals surface area contributed by atoms with Gasteiger partial charge in [-0.3, -0.25) is 4.79 Å². The summed E-state index contributed by atoms with van der Waals surface area (Å²) >= 11 is 0. The summed E-state index contributed by atoms with van der Waals surface area (Å²) in [6.07, 6.45) is -4.00. The minimum atomic E-state index is -5.80. The van der Waals surface area contributed by atoms with Crippen molar-refractivity contribution < 1.29 is 37.0 Å². The molecule has 4 aliphatic rings. The van der Waals surface area contributed by atoms with Crippen molar-refractivity contribution in [1.29, 1.82) is 0 Å². The number of hydrogen-bond acceptors (Lipinski definition) is 3. The van der Waals surface area contributed by atoms with Gasteiger partial charge in [0, 0.05) is 17.8 Å². The molecule has 2 N–H and O–H groups in total. The van der Waals surface area contributed by atoms with Crippen LogP contribution in [0.4, 0.5) is 22.0 Å². The van der Waals surface area contributed by atoms with Crippen LogP contribution in [0.15, 0.2) is 0 Å². The van der Waals surface area contributed by atoms with Gasteiger partial charge in [-0.1, -0.05) is 20.8 Å². The zero-order chi connectivity index (χ0) is 23.2. The number of rotatable bonds is 2. The number of carbonyl (C=O) groups excluding carboxylic acids is 1. The van der Waals surface area contributed by atoms with Gasteiger partial charge < -0.3 is 10.2 Å². The fraction of sp³-hybridized carbons (Fsp3) is 0.957. The number of halogens is 5. The number of Topliss-reactive ketones (excluding diaryl/α,β-unsaturated/α-hetero) is 1. The molecule has 0 aromatic rings. The van der Waals surface area contributed by atoms with Crippen LogP contribution in [0.25, 0.3) is 0 Å². The molecule has 4 saturated carbocycles. The van der Waals surface area contributed by atoms with Gasteiger partial charge in [0.2, 0.25) is 0 Å². The maximum absolute atomic E-state index is 14.6. The third-order valence-electron chi connectivity index (χ3n) is 10.3. The van der Waals surface area contributed by atoms with Crippen molar-refractivity contribution in [2.24, 2.45) is 46.3 Å². The highest BCUT2D eigenvalue weighted by atomic mass is 19.4. The average molecular weight is 453 g/mol. The lowest BCUT2D eigenvalue weighted by molar-refractivity contribution is -0.364. The molecule has 0 aromatic heterocycles. The van der Waals surface area contributed by atoms with Crippen LogP contribution in [0.2, 0.25) is 0 Å². The Kier molecular flexibility index (Phi) is 5.19. The van der Waals surface area contributed by atoms with E-state index in [1.165, 1.54) is 6.92 Å². The van der Waals surface area contributed by atoms with Gasteiger partial charge in [0.1, 0.15) is 11.4 Å². The molecule has 0 heterocycles. The monoisotopic (exact) mass is 452 g/mol. The van der Waals surface area contributed by atoms with Gasteiger partial charge in [-0.2, -0.15) is 22.0 Å². The first-order chi connectivity index (χ1) is 14.1. The highest BCUT2D eigenvalue weighted by molar-refractivity contribution is 5.82. The quantitative estimate of drug-likeness (QED) is 0.581. The number of aliphatic hydroxyl groups excluding tert-OH is 1. The van der Waals surface area contributed by atoms with Crippen LogP contribution >= 0.6 is 0 Å². The lowest BCUT2D eigenvalue weighted by Crippen LogP contribution is -2.66. The number of alkyl halides is 5. The molecule has 8 heteroatoms. The standard InChI is InChI=1S/C23H33F5O3/c1-12-8-14-9-17(30)13(11-29)10-19(14,2)15-4-6-20(3)16(18(12)15)5-7-21(20,31)22(24,25)23(26,27)28/h12-16,18,29,31H,4-11H2,1-3H3/t12-,13?,14-,15?,16?,18?,19+,20+,21+/m1/s1. The Morgan fingerprint density at radius 1 is 1.06 bits per heavy atom. The number of aliphatic hydroxyl groups is 2. The van der Waals surface area contributed by atoms with Crippen molar-refractivity contribution in [3.8, 4) is 0 Å². The summed E-state index contributed by atoms with van der Waals surface area (Å²) in [5.74, 6) is -5.74. The number of hydrogen-bond donors (Lipinski definition) is 2. The van der Waals surface area contributed by atoms with Crippen LogP contribution in [0, 0.1) is 46.3 Å². The maximum atomic E-state index is 14.6. The van der Waals surface area contributed by atoms with Crippen LogP contribution in [0.5, 0.6) is 0 Å². The Morgan fingerprint density at radius 2 is 1.68 bits per heavy atom. The molecule has 4 unspecified atom stereocenters.